The Kier molecular flexibility index (Phi) is 6.69. The van der Waals surface area contributed by atoms with Crippen LogP contribution < -0.4 is 9.47 Å². The highest BCUT2D eigenvalue weighted by Crippen LogP contribution is 2.52. The molecule has 0 N–H and O–H groups in total. The van der Waals surface area contributed by atoms with Crippen molar-refractivity contribution in [1.29, 1.82) is 21.0 Å². The molecular formula is C26H12N4O2S4. The second-order valence-corrected chi connectivity index (χ2v) is 11.6. The highest BCUT2D eigenvalue weighted by molar-refractivity contribution is 7.28. The third-order valence-electron chi connectivity index (χ3n) is 5.02. The fraction of sp³-hybridized carbons (Fsp3) is 0.0769. The lowest BCUT2D eigenvalue weighted by Gasteiger charge is -2.16. The summed E-state index contributed by atoms with van der Waals surface area (Å²) in [7, 11) is 0. The molecule has 5 rings (SSSR count). The fourth-order valence-corrected chi connectivity index (χ4v) is 7.83. The van der Waals surface area contributed by atoms with Crippen LogP contribution in [0.3, 0.4) is 0 Å². The van der Waals surface area contributed by atoms with E-state index in [1.54, 1.807) is 34.8 Å². The van der Waals surface area contributed by atoms with Gasteiger partial charge in [0.2, 0.25) is 0 Å². The molecule has 36 heavy (non-hydrogen) atoms. The van der Waals surface area contributed by atoms with E-state index < -0.39 is 0 Å². The summed E-state index contributed by atoms with van der Waals surface area (Å²) in [6.45, 7) is 0.860. The molecular weight excluding hydrogens is 529 g/mol. The van der Waals surface area contributed by atoms with Gasteiger partial charge in [0.15, 0.2) is 11.5 Å². The normalized spacial score (nSPS) is 11.4. The lowest BCUT2D eigenvalue weighted by atomic mass is 10.2. The highest BCUT2D eigenvalue weighted by atomic mass is 32.1. The average Bonchev–Trinajstić information content (AvgIpc) is 3.71. The molecule has 6 nitrogen and oxygen atoms in total. The standard InChI is InChI=1S/C26H12N4O2S4/c27-11-15(12-28)9-17-1-2-18(33-17)19-3-4-20(34-19)21-5-6-22(35-21)26-25-24(31-7-8-32-25)23(36-26)10-16(13-29)14-30/h1-6,9-10H,7-8H2. The summed E-state index contributed by atoms with van der Waals surface area (Å²) >= 11 is 6.30. The summed E-state index contributed by atoms with van der Waals surface area (Å²) in [6, 6.07) is 19.8. The molecule has 4 aromatic heterocycles. The Balaban J connectivity index is 1.45. The number of nitrogens with zero attached hydrogens (tertiary/aromatic N) is 4. The van der Waals surface area contributed by atoms with E-state index in [2.05, 4.69) is 18.2 Å². The van der Waals surface area contributed by atoms with E-state index in [0.717, 1.165) is 34.1 Å². The van der Waals surface area contributed by atoms with Crippen LogP contribution in [0.2, 0.25) is 0 Å². The molecule has 0 saturated heterocycles. The van der Waals surface area contributed by atoms with Gasteiger partial charge >= 0.3 is 0 Å². The van der Waals surface area contributed by atoms with Crippen LogP contribution >= 0.6 is 45.3 Å². The molecule has 0 aliphatic carbocycles. The van der Waals surface area contributed by atoms with Crippen LogP contribution in [-0.4, -0.2) is 13.2 Å². The number of nitriles is 4. The molecule has 0 amide bonds. The van der Waals surface area contributed by atoms with E-state index in [1.807, 2.05) is 42.5 Å². The number of fused-ring (bicyclic) bond motifs is 1. The van der Waals surface area contributed by atoms with Crippen LogP contribution in [0.5, 0.6) is 11.5 Å². The van der Waals surface area contributed by atoms with Gasteiger partial charge in [0, 0.05) is 29.3 Å². The van der Waals surface area contributed by atoms with Crippen molar-refractivity contribution in [2.24, 2.45) is 0 Å². The maximum Gasteiger partial charge on any atom is 0.181 e. The van der Waals surface area contributed by atoms with Gasteiger partial charge in [-0.1, -0.05) is 0 Å². The van der Waals surface area contributed by atoms with E-state index in [4.69, 9.17) is 30.5 Å². The van der Waals surface area contributed by atoms with Crippen molar-refractivity contribution in [2.45, 2.75) is 0 Å². The molecule has 0 saturated carbocycles. The van der Waals surface area contributed by atoms with Crippen molar-refractivity contribution in [3.8, 4) is 65.0 Å². The summed E-state index contributed by atoms with van der Waals surface area (Å²) in [5, 5.41) is 36.3. The predicted octanol–water partition coefficient (Wildman–Crippen LogP) is 7.57. The van der Waals surface area contributed by atoms with Crippen molar-refractivity contribution in [3.05, 3.63) is 57.3 Å². The minimum Gasteiger partial charge on any atom is -0.485 e. The third kappa shape index (κ3) is 4.55. The topological polar surface area (TPSA) is 114 Å². The van der Waals surface area contributed by atoms with Crippen molar-refractivity contribution < 1.29 is 9.47 Å². The molecule has 1 aliphatic rings. The van der Waals surface area contributed by atoms with Gasteiger partial charge in [-0.15, -0.1) is 45.3 Å². The number of rotatable bonds is 5. The van der Waals surface area contributed by atoms with E-state index in [1.165, 1.54) is 22.7 Å². The zero-order valence-corrected chi connectivity index (χ0v) is 21.5. The minimum absolute atomic E-state index is 0.0152. The predicted molar refractivity (Wildman–Crippen MR) is 144 cm³/mol. The molecule has 1 aliphatic heterocycles. The molecule has 0 spiro atoms. The third-order valence-corrected chi connectivity index (χ3v) is 9.89. The van der Waals surface area contributed by atoms with E-state index in [9.17, 15) is 0 Å². The first-order valence-electron chi connectivity index (χ1n) is 10.4. The summed E-state index contributed by atoms with van der Waals surface area (Å²) in [6.07, 6.45) is 3.14. The number of hydrogen-bond acceptors (Lipinski definition) is 10. The molecule has 5 heterocycles. The Morgan fingerprint density at radius 1 is 0.611 bits per heavy atom. The first kappa shape index (κ1) is 23.6. The van der Waals surface area contributed by atoms with E-state index in [0.29, 0.717) is 29.6 Å². The Labute approximate surface area is 222 Å². The molecule has 0 bridgehead atoms. The van der Waals surface area contributed by atoms with Gasteiger partial charge < -0.3 is 9.47 Å². The molecule has 172 valence electrons. The second kappa shape index (κ2) is 10.2. The van der Waals surface area contributed by atoms with Gasteiger partial charge in [0.1, 0.15) is 48.6 Å². The van der Waals surface area contributed by atoms with Gasteiger partial charge in [-0.05, 0) is 48.6 Å². The van der Waals surface area contributed by atoms with Crippen molar-refractivity contribution in [3.63, 3.8) is 0 Å². The molecule has 10 heteroatoms. The van der Waals surface area contributed by atoms with Gasteiger partial charge in [0.25, 0.3) is 0 Å². The van der Waals surface area contributed by atoms with Crippen LogP contribution in [-0.2, 0) is 0 Å². The van der Waals surface area contributed by atoms with Crippen LogP contribution in [0.1, 0.15) is 9.75 Å². The maximum atomic E-state index is 9.16. The minimum atomic E-state index is 0.0152. The molecule has 0 radical (unpaired) electrons. The summed E-state index contributed by atoms with van der Waals surface area (Å²) in [4.78, 5) is 7.92. The zero-order valence-electron chi connectivity index (χ0n) is 18.3. The quantitative estimate of drug-likeness (QED) is 0.241. The smallest absolute Gasteiger partial charge is 0.181 e. The zero-order chi connectivity index (χ0) is 25.1. The molecule has 0 atom stereocenters. The van der Waals surface area contributed by atoms with Gasteiger partial charge in [-0.2, -0.15) is 21.0 Å². The lowest BCUT2D eigenvalue weighted by Crippen LogP contribution is -2.14. The van der Waals surface area contributed by atoms with E-state index in [-0.39, 0.29) is 11.1 Å². The Morgan fingerprint density at radius 2 is 1.11 bits per heavy atom. The summed E-state index contributed by atoms with van der Waals surface area (Å²) in [5.41, 5.74) is 0.100. The van der Waals surface area contributed by atoms with Crippen LogP contribution in [0.4, 0.5) is 0 Å². The van der Waals surface area contributed by atoms with Gasteiger partial charge in [-0.3, -0.25) is 0 Å². The monoisotopic (exact) mass is 540 g/mol. The number of ether oxygens (including phenoxy) is 2. The average molecular weight is 541 g/mol. The summed E-state index contributed by atoms with van der Waals surface area (Å²) in [5.74, 6) is 1.23. The SMILES string of the molecule is N#CC(C#N)=Cc1ccc(-c2ccc(-c3ccc(-c4sc(C=C(C#N)C#N)c5c4OCCO5)s3)s2)s1. The molecule has 0 fully saturated rings. The van der Waals surface area contributed by atoms with Crippen molar-refractivity contribution >= 4 is 57.5 Å². The van der Waals surface area contributed by atoms with Crippen molar-refractivity contribution in [2.75, 3.05) is 13.2 Å². The maximum absolute atomic E-state index is 9.16. The second-order valence-electron chi connectivity index (χ2n) is 7.24. The van der Waals surface area contributed by atoms with Crippen LogP contribution in [0.25, 0.3) is 41.4 Å². The number of allylic oxidation sites excluding steroid dienone is 2. The fourth-order valence-electron chi connectivity index (χ4n) is 3.44. The Bertz CT molecular complexity index is 1670. The van der Waals surface area contributed by atoms with E-state index >= 15 is 0 Å². The van der Waals surface area contributed by atoms with Gasteiger partial charge in [-0.25, -0.2) is 0 Å². The lowest BCUT2D eigenvalue weighted by molar-refractivity contribution is 0.174. The van der Waals surface area contributed by atoms with Gasteiger partial charge in [0.05, 0.1) is 9.75 Å². The van der Waals surface area contributed by atoms with Crippen molar-refractivity contribution in [1.82, 2.24) is 0 Å². The number of thiophene rings is 4. The van der Waals surface area contributed by atoms with Crippen LogP contribution in [0.15, 0.2) is 47.5 Å². The Morgan fingerprint density at radius 3 is 1.75 bits per heavy atom. The summed E-state index contributed by atoms with van der Waals surface area (Å²) < 4.78 is 11.7. The number of hydrogen-bond donors (Lipinski definition) is 0. The Hall–Kier alpha value is -4.16. The molecule has 0 unspecified atom stereocenters. The first-order valence-corrected chi connectivity index (χ1v) is 13.7. The molecule has 4 aromatic rings. The largest absolute Gasteiger partial charge is 0.485 e. The first-order chi connectivity index (χ1) is 17.6. The highest BCUT2D eigenvalue weighted by Gasteiger charge is 2.26. The molecule has 0 aromatic carbocycles. The van der Waals surface area contributed by atoms with Crippen LogP contribution in [0, 0.1) is 45.3 Å².